The van der Waals surface area contributed by atoms with Crippen molar-refractivity contribution in [1.29, 1.82) is 0 Å². The number of anilines is 1. The minimum absolute atomic E-state index is 0.0792. The Bertz CT molecular complexity index is 1940. The molecule has 0 radical (unpaired) electrons. The molecule has 5 rings (SSSR count). The topological polar surface area (TPSA) is 156 Å². The molecule has 1 aliphatic rings. The summed E-state index contributed by atoms with van der Waals surface area (Å²) in [6, 6.07) is 27.2. The van der Waals surface area contributed by atoms with Crippen LogP contribution in [0, 0.1) is 3.57 Å². The van der Waals surface area contributed by atoms with Crippen molar-refractivity contribution in [3.63, 3.8) is 0 Å². The Morgan fingerprint density at radius 3 is 2.24 bits per heavy atom. The van der Waals surface area contributed by atoms with Crippen LogP contribution in [0.25, 0.3) is 0 Å². The van der Waals surface area contributed by atoms with Gasteiger partial charge in [0.25, 0.3) is 10.1 Å². The lowest BCUT2D eigenvalue weighted by Crippen LogP contribution is -2.62. The predicted molar refractivity (Wildman–Crippen MR) is 195 cm³/mol. The number of amides is 1. The van der Waals surface area contributed by atoms with E-state index in [1.807, 2.05) is 30.3 Å². The van der Waals surface area contributed by atoms with E-state index in [2.05, 4.69) is 27.9 Å². The summed E-state index contributed by atoms with van der Waals surface area (Å²) in [6.07, 6.45) is -13.1. The van der Waals surface area contributed by atoms with E-state index in [9.17, 15) is 36.3 Å². The van der Waals surface area contributed by atoms with Crippen LogP contribution in [0.15, 0.2) is 114 Å². The quantitative estimate of drug-likeness (QED) is 0.0593. The minimum atomic E-state index is -4.82. The molecule has 12 nitrogen and oxygen atoms in total. The lowest BCUT2D eigenvalue weighted by molar-refractivity contribution is -0.289. The normalized spacial score (nSPS) is 20.1. The summed E-state index contributed by atoms with van der Waals surface area (Å²) in [7, 11) is -4.81. The smallest absolute Gasteiger partial charge is 0.416 e. The molecule has 0 bridgehead atoms. The molecule has 0 aromatic heterocycles. The van der Waals surface area contributed by atoms with Crippen LogP contribution in [0.5, 0.6) is 5.75 Å². The van der Waals surface area contributed by atoms with Crippen LogP contribution < -0.4 is 10.1 Å². The molecule has 1 aliphatic heterocycles. The van der Waals surface area contributed by atoms with Gasteiger partial charge in [-0.3, -0.25) is 14.3 Å². The number of nitrogens with one attached hydrogen (secondary N) is 1. The number of rotatable bonds is 15. The van der Waals surface area contributed by atoms with E-state index in [1.165, 1.54) is 0 Å². The molecule has 1 heterocycles. The summed E-state index contributed by atoms with van der Waals surface area (Å²) >= 11 is 2.08. The Labute approximate surface area is 322 Å². The Balaban J connectivity index is 1.36. The average Bonchev–Trinajstić information content (AvgIpc) is 3.15. The third-order valence-corrected chi connectivity index (χ3v) is 9.89. The molecule has 4 aromatic carbocycles. The third-order valence-electron chi connectivity index (χ3n) is 7.90. The van der Waals surface area contributed by atoms with Gasteiger partial charge in [-0.25, -0.2) is 4.79 Å². The molecule has 54 heavy (non-hydrogen) atoms. The van der Waals surface area contributed by atoms with E-state index in [0.29, 0.717) is 24.2 Å². The Morgan fingerprint density at radius 1 is 0.870 bits per heavy atom. The summed E-state index contributed by atoms with van der Waals surface area (Å²) in [5, 5.41) is 14.1. The highest BCUT2D eigenvalue weighted by Crippen LogP contribution is 2.32. The van der Waals surface area contributed by atoms with Crippen molar-refractivity contribution in [3.8, 4) is 5.75 Å². The zero-order chi connectivity index (χ0) is 38.7. The maximum atomic E-state index is 13.3. The van der Waals surface area contributed by atoms with Crippen molar-refractivity contribution in [1.82, 2.24) is 0 Å². The first-order valence-corrected chi connectivity index (χ1v) is 18.9. The number of aliphatic hydroxyl groups is 1. The molecule has 17 heteroatoms. The number of halogens is 4. The van der Waals surface area contributed by atoms with Crippen molar-refractivity contribution in [2.45, 2.75) is 54.6 Å². The number of aryl methyl sites for hydroxylation is 1. The largest absolute Gasteiger partial charge is 0.461 e. The van der Waals surface area contributed by atoms with E-state index in [0.717, 1.165) is 21.3 Å². The van der Waals surface area contributed by atoms with Crippen LogP contribution in [0.2, 0.25) is 0 Å². The van der Waals surface area contributed by atoms with Gasteiger partial charge in [0.2, 0.25) is 6.29 Å². The van der Waals surface area contributed by atoms with E-state index >= 15 is 0 Å². The Kier molecular flexibility index (Phi) is 14.3. The molecule has 1 fully saturated rings. The molecular weight excluding hydrogens is 850 g/mol. The first kappa shape index (κ1) is 40.9. The van der Waals surface area contributed by atoms with Gasteiger partial charge in [-0.1, -0.05) is 54.6 Å². The maximum absolute atomic E-state index is 13.3. The van der Waals surface area contributed by atoms with E-state index < -0.39 is 76.1 Å². The second-order valence-corrected chi connectivity index (χ2v) is 14.6. The van der Waals surface area contributed by atoms with E-state index in [-0.39, 0.29) is 25.4 Å². The van der Waals surface area contributed by atoms with Gasteiger partial charge in [0.1, 0.15) is 30.7 Å². The highest BCUT2D eigenvalue weighted by molar-refractivity contribution is 14.1. The zero-order valence-corrected chi connectivity index (χ0v) is 31.2. The van der Waals surface area contributed by atoms with Crippen LogP contribution in [-0.4, -0.2) is 76.1 Å². The number of para-hydroxylation sites is 1. The fraction of sp³-hybridized carbons (Fsp3) is 0.297. The van der Waals surface area contributed by atoms with Crippen molar-refractivity contribution < 1.29 is 64.2 Å². The summed E-state index contributed by atoms with van der Waals surface area (Å²) in [6.45, 7) is -1.57. The van der Waals surface area contributed by atoms with Crippen LogP contribution in [-0.2, 0) is 50.6 Å². The van der Waals surface area contributed by atoms with E-state index in [1.54, 1.807) is 54.6 Å². The van der Waals surface area contributed by atoms with Crippen molar-refractivity contribution in [2.75, 3.05) is 25.1 Å². The number of carbonyl (C=O) groups excluding carboxylic acids is 2. The molecule has 1 saturated heterocycles. The first-order valence-electron chi connectivity index (χ1n) is 16.4. The second-order valence-electron chi connectivity index (χ2n) is 11.8. The Hall–Kier alpha value is -4.27. The molecule has 288 valence electrons. The minimum Gasteiger partial charge on any atom is -0.461 e. The fourth-order valence-corrected chi connectivity index (χ4v) is 6.56. The number of hydrogen-bond acceptors (Lipinski definition) is 11. The highest BCUT2D eigenvalue weighted by atomic mass is 127. The lowest BCUT2D eigenvalue weighted by atomic mass is 9.98. The van der Waals surface area contributed by atoms with Crippen molar-refractivity contribution >= 4 is 50.5 Å². The number of benzene rings is 4. The number of esters is 1. The van der Waals surface area contributed by atoms with Crippen molar-refractivity contribution in [3.05, 3.63) is 124 Å². The molecule has 0 aliphatic carbocycles. The van der Waals surface area contributed by atoms with Gasteiger partial charge in [-0.15, -0.1) is 0 Å². The first-order chi connectivity index (χ1) is 25.8. The summed E-state index contributed by atoms with van der Waals surface area (Å²) in [5.41, 5.74) is 0.125. The molecule has 2 N–H and O–H groups in total. The lowest BCUT2D eigenvalue weighted by Gasteiger charge is -2.43. The maximum Gasteiger partial charge on any atom is 0.416 e. The zero-order valence-electron chi connectivity index (χ0n) is 28.3. The fourth-order valence-electron chi connectivity index (χ4n) is 5.24. The molecule has 1 amide bonds. The van der Waals surface area contributed by atoms with Gasteiger partial charge in [-0.05, 0) is 89.2 Å². The summed E-state index contributed by atoms with van der Waals surface area (Å²) < 4.78 is 101. The standard InChI is InChI=1S/C37H35F3INO11S/c38-37(39,40)25-10-7-13-29(22-25)54(46,47)50-23-30-32(44)33(48-20-21-49-36(45)42-27-11-5-2-6-12-27)34(35(52-30)51-28-17-15-26(41)16-18-28)53-31(43)19-14-24-8-3-1-4-9-24/h1-13,15-18,22,30,32-35,44H,14,19-21,23H2,(H,42,45)/t30-,32-,33+,34-,35-/m1/s1. The van der Waals surface area contributed by atoms with Gasteiger partial charge >= 0.3 is 18.2 Å². The van der Waals surface area contributed by atoms with Gasteiger partial charge in [0, 0.05) is 15.7 Å². The van der Waals surface area contributed by atoms with Gasteiger partial charge < -0.3 is 28.8 Å². The van der Waals surface area contributed by atoms with Gasteiger partial charge in [0.05, 0.1) is 23.7 Å². The second kappa shape index (κ2) is 18.9. The SMILES string of the molecule is O=C(CCc1ccccc1)O[C@H]1[C@H](Oc2ccc(I)cc2)O[C@H](COS(=O)(=O)c2cccc(C(F)(F)F)c2)[C@@H](O)[C@@H]1OCCOC(=O)Nc1ccccc1. The number of carbonyl (C=O) groups is 2. The number of ether oxygens (including phenoxy) is 5. The Morgan fingerprint density at radius 2 is 1.56 bits per heavy atom. The predicted octanol–water partition coefficient (Wildman–Crippen LogP) is 6.36. The number of alkyl halides is 3. The molecule has 0 unspecified atom stereocenters. The monoisotopic (exact) mass is 885 g/mol. The van der Waals surface area contributed by atoms with Crippen LogP contribution in [0.1, 0.15) is 17.5 Å². The average molecular weight is 886 g/mol. The number of hydrogen-bond donors (Lipinski definition) is 2. The molecule has 5 atom stereocenters. The molecule has 0 saturated carbocycles. The molecule has 0 spiro atoms. The highest BCUT2D eigenvalue weighted by Gasteiger charge is 2.50. The van der Waals surface area contributed by atoms with Gasteiger partial charge in [-0.2, -0.15) is 21.6 Å². The number of aliphatic hydroxyl groups excluding tert-OH is 1. The van der Waals surface area contributed by atoms with Crippen LogP contribution >= 0.6 is 22.6 Å². The summed E-state index contributed by atoms with van der Waals surface area (Å²) in [4.78, 5) is 24.8. The van der Waals surface area contributed by atoms with Crippen LogP contribution in [0.4, 0.5) is 23.7 Å². The van der Waals surface area contributed by atoms with Crippen LogP contribution in [0.3, 0.4) is 0 Å². The van der Waals surface area contributed by atoms with Gasteiger partial charge in [0.15, 0.2) is 6.10 Å². The molecular formula is C37H35F3INO11S. The van der Waals surface area contributed by atoms with E-state index in [4.69, 9.17) is 27.9 Å². The third kappa shape index (κ3) is 11.9. The summed E-state index contributed by atoms with van der Waals surface area (Å²) in [5.74, 6) is -0.456. The van der Waals surface area contributed by atoms with Crippen molar-refractivity contribution in [2.24, 2.45) is 0 Å². The molecule has 4 aromatic rings.